The third-order valence-corrected chi connectivity index (χ3v) is 2.70. The second kappa shape index (κ2) is 4.40. The van der Waals surface area contributed by atoms with Gasteiger partial charge in [-0.05, 0) is 22.0 Å². The van der Waals surface area contributed by atoms with E-state index in [-0.39, 0.29) is 18.7 Å². The first-order valence-corrected chi connectivity index (χ1v) is 5.13. The predicted octanol–water partition coefficient (Wildman–Crippen LogP) is 0.427. The monoisotopic (exact) mass is 251 g/mol. The van der Waals surface area contributed by atoms with Crippen LogP contribution in [0.2, 0.25) is 0 Å². The van der Waals surface area contributed by atoms with Crippen LogP contribution in [0.25, 0.3) is 0 Å². The molecule has 18 heavy (non-hydrogen) atoms. The normalized spacial score (nSPS) is 19.0. The Morgan fingerprint density at radius 3 is 2.89 bits per heavy atom. The summed E-state index contributed by atoms with van der Waals surface area (Å²) in [5, 5.41) is 19.6. The summed E-state index contributed by atoms with van der Waals surface area (Å²) in [5.74, 6) is -2.81. The lowest BCUT2D eigenvalue weighted by Gasteiger charge is -2.14. The Balaban J connectivity index is 2.35. The molecule has 0 radical (unpaired) electrons. The fraction of sp³-hybridized carbons (Fsp3) is 0.300. The van der Waals surface area contributed by atoms with Crippen LogP contribution in [0.5, 0.6) is 0 Å². The van der Waals surface area contributed by atoms with Gasteiger partial charge in [-0.15, -0.1) is 0 Å². The number of hydrogen-bond acceptors (Lipinski definition) is 5. The maximum Gasteiger partial charge on any atom is 0.387 e. The molecule has 2 heterocycles. The van der Waals surface area contributed by atoms with Crippen LogP contribution in [0.3, 0.4) is 0 Å². The van der Waals surface area contributed by atoms with Crippen LogP contribution >= 0.6 is 0 Å². The number of rotatable bonds is 3. The number of nitrogens with zero attached hydrogens (tertiary/aromatic N) is 3. The van der Waals surface area contributed by atoms with Gasteiger partial charge in [0.25, 0.3) is 0 Å². The van der Waals surface area contributed by atoms with Crippen molar-refractivity contribution in [2.24, 2.45) is 5.92 Å². The van der Waals surface area contributed by atoms with Crippen molar-refractivity contribution in [1.29, 1.82) is 0 Å². The summed E-state index contributed by atoms with van der Waals surface area (Å²) in [6.07, 6.45) is 1.10. The van der Waals surface area contributed by atoms with Gasteiger partial charge < -0.3 is 20.1 Å². The molecule has 8 nitrogen and oxygen atoms in total. The van der Waals surface area contributed by atoms with E-state index < -0.39 is 28.5 Å². The van der Waals surface area contributed by atoms with Gasteiger partial charge in [-0.25, -0.2) is 0 Å². The molecule has 1 aromatic heterocycles. The van der Waals surface area contributed by atoms with Crippen molar-refractivity contribution < 1.29 is 19.6 Å². The zero-order valence-corrected chi connectivity index (χ0v) is 9.15. The molecular weight excluding hydrogens is 242 g/mol. The lowest BCUT2D eigenvalue weighted by molar-refractivity contribution is -0.388. The number of pyridine rings is 1. The second-order valence-corrected chi connectivity index (χ2v) is 3.85. The Morgan fingerprint density at radius 2 is 2.33 bits per heavy atom. The molecule has 0 aliphatic carbocycles. The van der Waals surface area contributed by atoms with E-state index in [1.165, 1.54) is 18.3 Å². The second-order valence-electron chi connectivity index (χ2n) is 3.85. The molecule has 1 aromatic rings. The molecule has 0 bridgehead atoms. The van der Waals surface area contributed by atoms with E-state index in [0.29, 0.717) is 0 Å². The summed E-state index contributed by atoms with van der Waals surface area (Å²) in [4.78, 5) is 37.3. The summed E-state index contributed by atoms with van der Waals surface area (Å²) in [7, 11) is 0. The lowest BCUT2D eigenvalue weighted by Crippen LogP contribution is -2.26. The van der Waals surface area contributed by atoms with E-state index in [0.717, 1.165) is 4.90 Å². The summed E-state index contributed by atoms with van der Waals surface area (Å²) in [6.45, 7) is -0.0688. The van der Waals surface area contributed by atoms with E-state index in [2.05, 4.69) is 4.98 Å². The highest BCUT2D eigenvalue weighted by Gasteiger charge is 2.37. The number of aromatic nitrogens is 1. The van der Waals surface area contributed by atoms with Crippen molar-refractivity contribution >= 4 is 23.4 Å². The molecule has 94 valence electrons. The molecule has 1 atom stereocenters. The predicted molar refractivity (Wildman–Crippen MR) is 59.0 cm³/mol. The highest BCUT2D eigenvalue weighted by molar-refractivity contribution is 6.00. The highest BCUT2D eigenvalue weighted by Crippen LogP contribution is 2.30. The van der Waals surface area contributed by atoms with Gasteiger partial charge in [-0.1, -0.05) is 0 Å². The largest absolute Gasteiger partial charge is 0.481 e. The maximum absolute atomic E-state index is 11.7. The molecule has 1 fully saturated rings. The van der Waals surface area contributed by atoms with Crippen LogP contribution in [0, 0.1) is 16.0 Å². The first-order valence-electron chi connectivity index (χ1n) is 5.13. The average Bonchev–Trinajstić information content (AvgIpc) is 2.71. The number of amides is 1. The van der Waals surface area contributed by atoms with Gasteiger partial charge in [-0.2, -0.15) is 0 Å². The SMILES string of the molecule is O=C(O)C1CC(=O)N(c2cccnc2[N+](=O)[O-])C1. The molecule has 1 unspecified atom stereocenters. The summed E-state index contributed by atoms with van der Waals surface area (Å²) in [5.41, 5.74) is 0.0382. The minimum absolute atomic E-state index is 0.0382. The van der Waals surface area contributed by atoms with Crippen LogP contribution < -0.4 is 4.90 Å². The van der Waals surface area contributed by atoms with Gasteiger partial charge >= 0.3 is 11.8 Å². The highest BCUT2D eigenvalue weighted by atomic mass is 16.6. The van der Waals surface area contributed by atoms with E-state index in [1.54, 1.807) is 0 Å². The number of hydrogen-bond donors (Lipinski definition) is 1. The average molecular weight is 251 g/mol. The Bertz CT molecular complexity index is 530. The first-order chi connectivity index (χ1) is 8.50. The fourth-order valence-electron chi connectivity index (χ4n) is 1.85. The molecule has 1 aliphatic heterocycles. The minimum atomic E-state index is -1.09. The third-order valence-electron chi connectivity index (χ3n) is 2.70. The molecule has 8 heteroatoms. The van der Waals surface area contributed by atoms with E-state index in [4.69, 9.17) is 5.11 Å². The lowest BCUT2D eigenvalue weighted by atomic mass is 10.1. The zero-order valence-electron chi connectivity index (χ0n) is 9.15. The first kappa shape index (κ1) is 12.0. The van der Waals surface area contributed by atoms with Gasteiger partial charge in [0.1, 0.15) is 11.9 Å². The molecule has 1 aliphatic rings. The topological polar surface area (TPSA) is 114 Å². The van der Waals surface area contributed by atoms with Gasteiger partial charge in [0.05, 0.1) is 5.92 Å². The van der Waals surface area contributed by atoms with Crippen LogP contribution in [-0.2, 0) is 9.59 Å². The van der Waals surface area contributed by atoms with Crippen molar-refractivity contribution in [3.05, 3.63) is 28.4 Å². The number of carboxylic acids is 1. The minimum Gasteiger partial charge on any atom is -0.481 e. The molecule has 0 aromatic carbocycles. The molecule has 1 saturated heterocycles. The van der Waals surface area contributed by atoms with Gasteiger partial charge in [0.15, 0.2) is 0 Å². The standard InChI is InChI=1S/C10H9N3O5/c14-8-4-6(10(15)16)5-12(8)7-2-1-3-11-9(7)13(17)18/h1-3,6H,4-5H2,(H,15,16). The van der Waals surface area contributed by atoms with Crippen LogP contribution in [-0.4, -0.2) is 33.4 Å². The van der Waals surface area contributed by atoms with E-state index >= 15 is 0 Å². The molecule has 2 rings (SSSR count). The third kappa shape index (κ3) is 1.99. The van der Waals surface area contributed by atoms with Crippen LogP contribution in [0.4, 0.5) is 11.5 Å². The zero-order chi connectivity index (χ0) is 13.3. The summed E-state index contributed by atoms with van der Waals surface area (Å²) < 4.78 is 0. The van der Waals surface area contributed by atoms with Gasteiger partial charge in [0.2, 0.25) is 5.91 Å². The van der Waals surface area contributed by atoms with Crippen LogP contribution in [0.1, 0.15) is 6.42 Å². The van der Waals surface area contributed by atoms with E-state index in [1.807, 2.05) is 0 Å². The number of aliphatic carboxylic acids is 1. The fourth-order valence-corrected chi connectivity index (χ4v) is 1.85. The molecule has 1 amide bonds. The van der Waals surface area contributed by atoms with Gasteiger partial charge in [0, 0.05) is 13.0 Å². The maximum atomic E-state index is 11.7. The van der Waals surface area contributed by atoms with Crippen molar-refractivity contribution in [3.8, 4) is 0 Å². The number of carbonyl (C=O) groups excluding carboxylic acids is 1. The molecule has 0 spiro atoms. The molecule has 1 N–H and O–H groups in total. The van der Waals surface area contributed by atoms with Gasteiger partial charge in [-0.3, -0.25) is 9.59 Å². The number of carboxylic acid groups (broad SMARTS) is 1. The smallest absolute Gasteiger partial charge is 0.387 e. The Kier molecular flexibility index (Phi) is 2.92. The number of nitro groups is 1. The number of carbonyl (C=O) groups is 2. The van der Waals surface area contributed by atoms with Crippen molar-refractivity contribution in [2.45, 2.75) is 6.42 Å². The Labute approximate surface area is 101 Å². The van der Waals surface area contributed by atoms with E-state index in [9.17, 15) is 19.7 Å². The Hall–Kier alpha value is -2.51. The summed E-state index contributed by atoms with van der Waals surface area (Å²) in [6, 6.07) is 2.84. The Morgan fingerprint density at radius 1 is 1.61 bits per heavy atom. The quantitative estimate of drug-likeness (QED) is 0.615. The number of anilines is 1. The molecular formula is C10H9N3O5. The molecule has 0 saturated carbocycles. The van der Waals surface area contributed by atoms with Crippen molar-refractivity contribution in [3.63, 3.8) is 0 Å². The summed E-state index contributed by atoms with van der Waals surface area (Å²) >= 11 is 0. The van der Waals surface area contributed by atoms with Crippen LogP contribution in [0.15, 0.2) is 18.3 Å². The van der Waals surface area contributed by atoms with Crippen molar-refractivity contribution in [1.82, 2.24) is 4.98 Å². The van der Waals surface area contributed by atoms with Crippen molar-refractivity contribution in [2.75, 3.05) is 11.4 Å².